The fourth-order valence-corrected chi connectivity index (χ4v) is 2.55. The maximum atomic E-state index is 6.20. The summed E-state index contributed by atoms with van der Waals surface area (Å²) in [7, 11) is 0. The Labute approximate surface area is 154 Å². The van der Waals surface area contributed by atoms with Gasteiger partial charge >= 0.3 is 0 Å². The molecule has 0 amide bonds. The topological polar surface area (TPSA) is 73.1 Å². The van der Waals surface area contributed by atoms with Gasteiger partial charge in [-0.05, 0) is 47.7 Å². The number of aryl methyl sites for hydroxylation is 1. The van der Waals surface area contributed by atoms with Gasteiger partial charge in [0.25, 0.3) is 0 Å². The summed E-state index contributed by atoms with van der Waals surface area (Å²) in [5.41, 5.74) is 10.0. The maximum Gasteiger partial charge on any atom is 0.248 e. The second-order valence-corrected chi connectivity index (χ2v) is 6.44. The van der Waals surface area contributed by atoms with Crippen molar-refractivity contribution < 1.29 is 4.74 Å². The van der Waals surface area contributed by atoms with Crippen LogP contribution in [0.15, 0.2) is 54.9 Å². The van der Waals surface area contributed by atoms with Gasteiger partial charge in [0.2, 0.25) is 5.88 Å². The Balaban J connectivity index is 1.77. The van der Waals surface area contributed by atoms with Gasteiger partial charge in [0.15, 0.2) is 5.82 Å². The Bertz CT molecular complexity index is 858. The number of nitrogens with zero attached hydrogens (tertiary/aromatic N) is 2. The first-order valence-electron chi connectivity index (χ1n) is 8.81. The van der Waals surface area contributed by atoms with Gasteiger partial charge in [-0.2, -0.15) is 4.98 Å². The molecule has 0 aliphatic heterocycles. The van der Waals surface area contributed by atoms with Gasteiger partial charge in [0, 0.05) is 5.69 Å². The molecule has 0 bridgehead atoms. The van der Waals surface area contributed by atoms with Gasteiger partial charge < -0.3 is 15.8 Å². The van der Waals surface area contributed by atoms with Crippen LogP contribution in [0.4, 0.5) is 17.2 Å². The highest BCUT2D eigenvalue weighted by Gasteiger charge is 2.11. The Kier molecular flexibility index (Phi) is 5.37. The zero-order valence-electron chi connectivity index (χ0n) is 15.4. The van der Waals surface area contributed by atoms with E-state index < -0.39 is 0 Å². The number of rotatable bonds is 6. The molecule has 0 saturated heterocycles. The van der Waals surface area contributed by atoms with E-state index >= 15 is 0 Å². The van der Waals surface area contributed by atoms with E-state index in [1.165, 1.54) is 17.5 Å². The second-order valence-electron chi connectivity index (χ2n) is 6.44. The summed E-state index contributed by atoms with van der Waals surface area (Å²) < 4.78 is 5.84. The van der Waals surface area contributed by atoms with Crippen molar-refractivity contribution in [1.29, 1.82) is 0 Å². The molecule has 0 saturated carbocycles. The largest absolute Gasteiger partial charge is 0.437 e. The molecule has 26 heavy (non-hydrogen) atoms. The fourth-order valence-electron chi connectivity index (χ4n) is 2.55. The number of aromatic nitrogens is 2. The average Bonchev–Trinajstić information content (AvgIpc) is 2.66. The molecular weight excluding hydrogens is 324 g/mol. The Morgan fingerprint density at radius 1 is 1.00 bits per heavy atom. The van der Waals surface area contributed by atoms with E-state index in [4.69, 9.17) is 10.5 Å². The lowest BCUT2D eigenvalue weighted by molar-refractivity contribution is 0.464. The summed E-state index contributed by atoms with van der Waals surface area (Å²) in [6.07, 6.45) is 2.44. The molecule has 1 heterocycles. The fraction of sp³-hybridized carbons (Fsp3) is 0.238. The van der Waals surface area contributed by atoms with Crippen molar-refractivity contribution in [2.24, 2.45) is 0 Å². The molecular formula is C21H24N4O. The molecule has 134 valence electrons. The quantitative estimate of drug-likeness (QED) is 0.634. The van der Waals surface area contributed by atoms with Crippen LogP contribution in [0.25, 0.3) is 0 Å². The highest BCUT2D eigenvalue weighted by molar-refractivity contribution is 5.72. The molecule has 3 rings (SSSR count). The van der Waals surface area contributed by atoms with Crippen molar-refractivity contribution in [3.63, 3.8) is 0 Å². The summed E-state index contributed by atoms with van der Waals surface area (Å²) in [5.74, 6) is 2.03. The van der Waals surface area contributed by atoms with E-state index in [0.717, 1.165) is 12.1 Å². The lowest BCUT2D eigenvalue weighted by atomic mass is 10.0. The number of nitrogens with one attached hydrogen (secondary N) is 1. The first kappa shape index (κ1) is 17.7. The standard InChI is InChI=1S/C21H24N4O/c1-4-15-5-9-17(10-6-15)25-20-19(22)21(24-13-23-20)26-18-11-7-16(8-12-18)14(2)3/h5-14H,4,22H2,1-3H3,(H,23,24,25). The van der Waals surface area contributed by atoms with Gasteiger partial charge in [-0.3, -0.25) is 0 Å². The van der Waals surface area contributed by atoms with E-state index in [0.29, 0.717) is 29.1 Å². The third kappa shape index (κ3) is 4.11. The van der Waals surface area contributed by atoms with E-state index in [-0.39, 0.29) is 0 Å². The molecule has 5 heteroatoms. The number of nitrogen functional groups attached to an aromatic ring is 1. The lowest BCUT2D eigenvalue weighted by Gasteiger charge is -2.12. The minimum atomic E-state index is 0.338. The van der Waals surface area contributed by atoms with Gasteiger partial charge in [-0.15, -0.1) is 0 Å². The van der Waals surface area contributed by atoms with Gasteiger partial charge in [-0.25, -0.2) is 4.98 Å². The van der Waals surface area contributed by atoms with Crippen LogP contribution in [0.2, 0.25) is 0 Å². The number of hydrogen-bond acceptors (Lipinski definition) is 5. The van der Waals surface area contributed by atoms with Crippen molar-refractivity contribution in [3.8, 4) is 11.6 Å². The van der Waals surface area contributed by atoms with E-state index in [9.17, 15) is 0 Å². The monoisotopic (exact) mass is 348 g/mol. The summed E-state index contributed by atoms with van der Waals surface area (Å²) >= 11 is 0. The van der Waals surface area contributed by atoms with Crippen LogP contribution in [-0.2, 0) is 6.42 Å². The number of ether oxygens (including phenoxy) is 1. The average molecular weight is 348 g/mol. The predicted molar refractivity (Wildman–Crippen MR) is 106 cm³/mol. The van der Waals surface area contributed by atoms with E-state index in [2.05, 4.69) is 48.2 Å². The minimum Gasteiger partial charge on any atom is -0.437 e. The van der Waals surface area contributed by atoms with Crippen molar-refractivity contribution in [1.82, 2.24) is 9.97 Å². The van der Waals surface area contributed by atoms with Crippen molar-refractivity contribution >= 4 is 17.2 Å². The molecule has 0 fully saturated rings. The van der Waals surface area contributed by atoms with E-state index in [1.807, 2.05) is 36.4 Å². The second kappa shape index (κ2) is 7.87. The summed E-state index contributed by atoms with van der Waals surface area (Å²) in [6, 6.07) is 16.1. The van der Waals surface area contributed by atoms with Gasteiger partial charge in [0.05, 0.1) is 0 Å². The summed E-state index contributed by atoms with van der Waals surface area (Å²) in [6.45, 7) is 6.44. The van der Waals surface area contributed by atoms with Crippen molar-refractivity contribution in [2.45, 2.75) is 33.1 Å². The van der Waals surface area contributed by atoms with Crippen LogP contribution in [0.1, 0.15) is 37.8 Å². The highest BCUT2D eigenvalue weighted by Crippen LogP contribution is 2.31. The first-order chi connectivity index (χ1) is 12.6. The minimum absolute atomic E-state index is 0.338. The zero-order chi connectivity index (χ0) is 18.5. The smallest absolute Gasteiger partial charge is 0.248 e. The third-order valence-electron chi connectivity index (χ3n) is 4.23. The molecule has 0 unspecified atom stereocenters. The molecule has 1 aromatic heterocycles. The van der Waals surface area contributed by atoms with Crippen molar-refractivity contribution in [3.05, 3.63) is 66.0 Å². The molecule has 0 aliphatic carbocycles. The highest BCUT2D eigenvalue weighted by atomic mass is 16.5. The molecule has 2 aromatic carbocycles. The van der Waals surface area contributed by atoms with Crippen LogP contribution in [0, 0.1) is 0 Å². The number of benzene rings is 2. The SMILES string of the molecule is CCc1ccc(Nc2ncnc(Oc3ccc(C(C)C)cc3)c2N)cc1. The molecule has 5 nitrogen and oxygen atoms in total. The Hall–Kier alpha value is -3.08. The maximum absolute atomic E-state index is 6.20. The van der Waals surface area contributed by atoms with Crippen LogP contribution in [-0.4, -0.2) is 9.97 Å². The summed E-state index contributed by atoms with van der Waals surface area (Å²) in [5, 5.41) is 3.22. The Morgan fingerprint density at radius 2 is 1.69 bits per heavy atom. The van der Waals surface area contributed by atoms with Gasteiger partial charge in [-0.1, -0.05) is 45.0 Å². The zero-order valence-corrected chi connectivity index (χ0v) is 15.4. The van der Waals surface area contributed by atoms with Crippen LogP contribution < -0.4 is 15.8 Å². The molecule has 3 aromatic rings. The molecule has 0 atom stereocenters. The van der Waals surface area contributed by atoms with E-state index in [1.54, 1.807) is 0 Å². The van der Waals surface area contributed by atoms with Gasteiger partial charge in [0.1, 0.15) is 17.8 Å². The summed E-state index contributed by atoms with van der Waals surface area (Å²) in [4.78, 5) is 8.39. The molecule has 0 radical (unpaired) electrons. The molecule has 3 N–H and O–H groups in total. The first-order valence-corrected chi connectivity index (χ1v) is 8.81. The van der Waals surface area contributed by atoms with Crippen LogP contribution in [0.3, 0.4) is 0 Å². The molecule has 0 spiro atoms. The lowest BCUT2D eigenvalue weighted by Crippen LogP contribution is -2.03. The van der Waals surface area contributed by atoms with Crippen LogP contribution >= 0.6 is 0 Å². The number of nitrogens with two attached hydrogens (primary N) is 1. The Morgan fingerprint density at radius 3 is 2.31 bits per heavy atom. The van der Waals surface area contributed by atoms with Crippen molar-refractivity contribution in [2.75, 3.05) is 11.1 Å². The predicted octanol–water partition coefficient (Wildman–Crippen LogP) is 5.28. The van der Waals surface area contributed by atoms with Crippen LogP contribution in [0.5, 0.6) is 11.6 Å². The number of anilines is 3. The number of hydrogen-bond donors (Lipinski definition) is 2. The third-order valence-corrected chi connectivity index (χ3v) is 4.23. The normalized spacial score (nSPS) is 10.8. The molecule has 0 aliphatic rings.